The number of aromatic hydroxyl groups is 1. The first kappa shape index (κ1) is 23.7. The Labute approximate surface area is 210 Å². The van der Waals surface area contributed by atoms with Crippen LogP contribution in [0.3, 0.4) is 0 Å². The Balaban J connectivity index is 1.59. The van der Waals surface area contributed by atoms with Gasteiger partial charge in [-0.15, -0.1) is 0 Å². The molecule has 0 radical (unpaired) electrons. The van der Waals surface area contributed by atoms with E-state index in [1.807, 2.05) is 60.7 Å². The van der Waals surface area contributed by atoms with Crippen LogP contribution in [0.15, 0.2) is 72.8 Å². The van der Waals surface area contributed by atoms with Gasteiger partial charge in [0.25, 0.3) is 0 Å². The molecule has 0 spiro atoms. The lowest BCUT2D eigenvalue weighted by atomic mass is 9.92. The minimum absolute atomic E-state index is 0.0959. The van der Waals surface area contributed by atoms with Crippen LogP contribution in [0.25, 0.3) is 32.7 Å². The molecule has 1 aliphatic heterocycles. The maximum atomic E-state index is 13.4. The molecule has 0 aliphatic carbocycles. The van der Waals surface area contributed by atoms with Gasteiger partial charge in [0.2, 0.25) is 0 Å². The average Bonchev–Trinajstić information content (AvgIpc) is 3.34. The first-order valence-electron chi connectivity index (χ1n) is 12.2. The zero-order chi connectivity index (χ0) is 25.4. The van der Waals surface area contributed by atoms with Crippen molar-refractivity contribution in [2.45, 2.75) is 45.3 Å². The number of phenols is 1. The first-order valence-corrected chi connectivity index (χ1v) is 12.2. The van der Waals surface area contributed by atoms with Crippen molar-refractivity contribution in [2.24, 2.45) is 0 Å². The molecule has 1 heterocycles. The molecule has 4 aromatic rings. The zero-order valence-electron chi connectivity index (χ0n) is 20.7. The number of fused-ring (bicyclic) bond motifs is 2. The summed E-state index contributed by atoms with van der Waals surface area (Å²) < 4.78 is 11.5. The minimum Gasteiger partial charge on any atom is -0.507 e. The third-order valence-corrected chi connectivity index (χ3v) is 6.41. The van der Waals surface area contributed by atoms with Crippen LogP contribution in [0, 0.1) is 0 Å². The van der Waals surface area contributed by atoms with Gasteiger partial charge in [0.1, 0.15) is 23.1 Å². The summed E-state index contributed by atoms with van der Waals surface area (Å²) >= 11 is 0. The highest BCUT2D eigenvalue weighted by Crippen LogP contribution is 2.45. The second-order valence-electron chi connectivity index (χ2n) is 10.1. The highest BCUT2D eigenvalue weighted by atomic mass is 16.6. The number of ether oxygens (including phenoxy) is 2. The number of nitrogens with zero attached hydrogens (tertiary/aromatic N) is 1. The van der Waals surface area contributed by atoms with E-state index in [4.69, 9.17) is 9.47 Å². The molecule has 1 fully saturated rings. The number of hydrogen-bond acceptors (Lipinski definition) is 5. The third-order valence-electron chi connectivity index (χ3n) is 6.41. The van der Waals surface area contributed by atoms with Gasteiger partial charge >= 0.3 is 12.1 Å². The van der Waals surface area contributed by atoms with E-state index in [1.165, 1.54) is 4.90 Å². The van der Waals surface area contributed by atoms with E-state index in [2.05, 4.69) is 0 Å². The van der Waals surface area contributed by atoms with Crippen molar-refractivity contribution in [1.82, 2.24) is 4.90 Å². The fourth-order valence-corrected chi connectivity index (χ4v) is 4.84. The van der Waals surface area contributed by atoms with Gasteiger partial charge in [-0.1, -0.05) is 60.7 Å². The summed E-state index contributed by atoms with van der Waals surface area (Å²) in [5.41, 5.74) is 0.576. The molecule has 6 heteroatoms. The summed E-state index contributed by atoms with van der Waals surface area (Å²) in [6, 6.07) is 22.0. The highest BCUT2D eigenvalue weighted by Gasteiger charge is 2.38. The monoisotopic (exact) mass is 483 g/mol. The molecular formula is C30H29NO5. The Morgan fingerprint density at radius 2 is 1.47 bits per heavy atom. The molecule has 1 N–H and O–H groups in total. The molecule has 0 bridgehead atoms. The zero-order valence-corrected chi connectivity index (χ0v) is 20.7. The molecule has 184 valence electrons. The molecule has 1 saturated heterocycles. The molecule has 0 saturated carbocycles. The maximum Gasteiger partial charge on any atom is 0.411 e. The van der Waals surface area contributed by atoms with Crippen molar-refractivity contribution in [2.75, 3.05) is 6.54 Å². The number of phenolic OH excluding ortho intramolecular Hbond substituents is 1. The van der Waals surface area contributed by atoms with E-state index in [0.29, 0.717) is 36.3 Å². The molecule has 5 rings (SSSR count). The topological polar surface area (TPSA) is 76.1 Å². The Morgan fingerprint density at radius 1 is 0.861 bits per heavy atom. The van der Waals surface area contributed by atoms with Crippen LogP contribution in [-0.4, -0.2) is 40.3 Å². The lowest BCUT2D eigenvalue weighted by Crippen LogP contribution is -2.44. The number of likely N-dealkylation sites (tertiary alicyclic amines) is 1. The second-order valence-corrected chi connectivity index (χ2v) is 10.1. The van der Waals surface area contributed by atoms with Crippen LogP contribution >= 0.6 is 0 Å². The summed E-state index contributed by atoms with van der Waals surface area (Å²) in [6.07, 6.45) is 0.668. The summed E-state index contributed by atoms with van der Waals surface area (Å²) in [5.74, 6) is -0.0883. The van der Waals surface area contributed by atoms with Crippen LogP contribution < -0.4 is 4.74 Å². The Hall–Kier alpha value is -4.06. The molecule has 0 aromatic heterocycles. The summed E-state index contributed by atoms with van der Waals surface area (Å²) in [4.78, 5) is 27.6. The van der Waals surface area contributed by atoms with E-state index in [0.717, 1.165) is 21.5 Å². The first-order chi connectivity index (χ1) is 17.2. The third kappa shape index (κ3) is 4.47. The fraction of sp³-hybridized carbons (Fsp3) is 0.267. The molecule has 1 atom stereocenters. The van der Waals surface area contributed by atoms with Crippen LogP contribution in [-0.2, 0) is 9.53 Å². The number of carbonyl (C=O) groups is 2. The van der Waals surface area contributed by atoms with Crippen LogP contribution in [0.2, 0.25) is 0 Å². The summed E-state index contributed by atoms with van der Waals surface area (Å²) in [5, 5.41) is 14.6. The SMILES string of the molecule is CC(C)(C)OC(=O)N1CCC[C@H]1C(=O)Oc1ccc2ccccc2c1-c1c(O)ccc2ccccc12. The van der Waals surface area contributed by atoms with E-state index in [-0.39, 0.29) is 5.75 Å². The second kappa shape index (κ2) is 9.19. The van der Waals surface area contributed by atoms with Crippen LogP contribution in [0.5, 0.6) is 11.5 Å². The molecule has 1 amide bonds. The quantitative estimate of drug-likeness (QED) is 0.260. The predicted octanol–water partition coefficient (Wildman–Crippen LogP) is 6.67. The van der Waals surface area contributed by atoms with E-state index < -0.39 is 23.7 Å². The van der Waals surface area contributed by atoms with Crippen LogP contribution in [0.4, 0.5) is 4.79 Å². The van der Waals surface area contributed by atoms with Gasteiger partial charge in [0.05, 0.1) is 0 Å². The number of rotatable bonds is 3. The molecule has 6 nitrogen and oxygen atoms in total. The largest absolute Gasteiger partial charge is 0.507 e. The van der Waals surface area contributed by atoms with E-state index in [9.17, 15) is 14.7 Å². The highest BCUT2D eigenvalue weighted by molar-refractivity contribution is 6.10. The van der Waals surface area contributed by atoms with E-state index in [1.54, 1.807) is 32.9 Å². The summed E-state index contributed by atoms with van der Waals surface area (Å²) in [6.45, 7) is 5.83. The van der Waals surface area contributed by atoms with Crippen molar-refractivity contribution in [3.63, 3.8) is 0 Å². The smallest absolute Gasteiger partial charge is 0.411 e. The van der Waals surface area contributed by atoms with Crippen molar-refractivity contribution in [3.8, 4) is 22.6 Å². The average molecular weight is 484 g/mol. The van der Waals surface area contributed by atoms with Gasteiger partial charge in [-0.3, -0.25) is 4.90 Å². The number of carbonyl (C=O) groups excluding carboxylic acids is 2. The maximum absolute atomic E-state index is 13.4. The van der Waals surface area contributed by atoms with Crippen molar-refractivity contribution in [3.05, 3.63) is 72.8 Å². The van der Waals surface area contributed by atoms with Crippen LogP contribution in [0.1, 0.15) is 33.6 Å². The van der Waals surface area contributed by atoms with Gasteiger partial charge in [-0.2, -0.15) is 0 Å². The summed E-state index contributed by atoms with van der Waals surface area (Å²) in [7, 11) is 0. The number of esters is 1. The Kier molecular flexibility index (Phi) is 6.04. The van der Waals surface area contributed by atoms with Gasteiger partial charge in [0.15, 0.2) is 0 Å². The number of hydrogen-bond donors (Lipinski definition) is 1. The van der Waals surface area contributed by atoms with Crippen molar-refractivity contribution < 1.29 is 24.2 Å². The Bertz CT molecular complexity index is 1470. The number of benzene rings is 4. The molecule has 4 aromatic carbocycles. The lowest BCUT2D eigenvalue weighted by molar-refractivity contribution is -0.139. The Morgan fingerprint density at radius 3 is 2.14 bits per heavy atom. The minimum atomic E-state index is -0.736. The van der Waals surface area contributed by atoms with Gasteiger partial charge in [0, 0.05) is 17.7 Å². The number of amides is 1. The molecule has 36 heavy (non-hydrogen) atoms. The fourth-order valence-electron chi connectivity index (χ4n) is 4.84. The van der Waals surface area contributed by atoms with Gasteiger partial charge in [-0.25, -0.2) is 9.59 Å². The van der Waals surface area contributed by atoms with Crippen molar-refractivity contribution >= 4 is 33.6 Å². The van der Waals surface area contributed by atoms with Gasteiger partial charge < -0.3 is 14.6 Å². The lowest BCUT2D eigenvalue weighted by Gasteiger charge is -2.27. The predicted molar refractivity (Wildman–Crippen MR) is 140 cm³/mol. The van der Waals surface area contributed by atoms with E-state index >= 15 is 0 Å². The normalized spacial score (nSPS) is 15.9. The molecular weight excluding hydrogens is 454 g/mol. The van der Waals surface area contributed by atoms with Crippen molar-refractivity contribution in [1.29, 1.82) is 0 Å². The molecule has 0 unspecified atom stereocenters. The van der Waals surface area contributed by atoms with Gasteiger partial charge in [-0.05, 0) is 67.3 Å². The molecule has 1 aliphatic rings. The standard InChI is InChI=1S/C30H29NO5/c1-30(2,3)36-29(34)31-18-8-13-23(31)28(33)35-25-17-15-20-10-5-7-12-22(20)27(25)26-21-11-6-4-9-19(21)14-16-24(26)32/h4-7,9-12,14-17,23,32H,8,13,18H2,1-3H3/t23-/m0/s1.